The minimum atomic E-state index is 0.686. The van der Waals surface area contributed by atoms with Gasteiger partial charge in [-0.25, -0.2) is 4.98 Å². The van der Waals surface area contributed by atoms with Gasteiger partial charge in [0, 0.05) is 19.4 Å². The Kier molecular flexibility index (Phi) is 2.56. The van der Waals surface area contributed by atoms with E-state index in [1.165, 1.54) is 5.56 Å². The molecule has 0 bridgehead atoms. The van der Waals surface area contributed by atoms with E-state index in [-0.39, 0.29) is 0 Å². The van der Waals surface area contributed by atoms with Crippen LogP contribution in [0.2, 0.25) is 0 Å². The van der Waals surface area contributed by atoms with Crippen molar-refractivity contribution in [2.45, 2.75) is 13.5 Å². The van der Waals surface area contributed by atoms with Gasteiger partial charge in [-0.15, -0.1) is 0 Å². The Bertz CT molecular complexity index is 763. The van der Waals surface area contributed by atoms with Crippen LogP contribution in [0.3, 0.4) is 0 Å². The third-order valence-corrected chi connectivity index (χ3v) is 3.47. The van der Waals surface area contributed by atoms with Crippen LogP contribution in [0.5, 0.6) is 0 Å². The number of aromatic nitrogens is 4. The molecule has 0 aliphatic heterocycles. The Morgan fingerprint density at radius 2 is 2.22 bits per heavy atom. The summed E-state index contributed by atoms with van der Waals surface area (Å²) in [5.41, 5.74) is 3.42. The molecule has 0 spiro atoms. The number of hydrogen-bond acceptors (Lipinski definition) is 2. The molecular weight excluding hydrogens is 244 g/mol. The molecule has 0 unspecified atom stereocenters. The largest absolute Gasteiger partial charge is 0.337 e. The number of nitrogens with one attached hydrogen (secondary N) is 1. The minimum absolute atomic E-state index is 0.686. The number of benzene rings is 1. The van der Waals surface area contributed by atoms with Gasteiger partial charge in [0.25, 0.3) is 0 Å². The Balaban J connectivity index is 2.17. The number of imidazole rings is 2. The fourth-order valence-corrected chi connectivity index (χ4v) is 2.38. The summed E-state index contributed by atoms with van der Waals surface area (Å²) in [5, 5.41) is 0. The molecule has 3 rings (SSSR count). The Labute approximate surface area is 110 Å². The van der Waals surface area contributed by atoms with Crippen molar-refractivity contribution in [1.29, 1.82) is 0 Å². The third-order valence-electron chi connectivity index (χ3n) is 3.15. The maximum absolute atomic E-state index is 5.38. The van der Waals surface area contributed by atoms with Crippen LogP contribution in [0.15, 0.2) is 30.6 Å². The summed E-state index contributed by atoms with van der Waals surface area (Å²) in [6, 6.07) is 6.29. The first-order chi connectivity index (χ1) is 8.65. The highest BCUT2D eigenvalue weighted by atomic mass is 32.1. The molecule has 18 heavy (non-hydrogen) atoms. The van der Waals surface area contributed by atoms with Crippen molar-refractivity contribution in [3.8, 4) is 0 Å². The monoisotopic (exact) mass is 258 g/mol. The van der Waals surface area contributed by atoms with Crippen molar-refractivity contribution in [2.24, 2.45) is 7.05 Å². The number of aryl methyl sites for hydroxylation is 2. The zero-order chi connectivity index (χ0) is 12.7. The molecule has 2 aromatic heterocycles. The second-order valence-electron chi connectivity index (χ2n) is 4.49. The zero-order valence-corrected chi connectivity index (χ0v) is 11.2. The van der Waals surface area contributed by atoms with Gasteiger partial charge < -0.3 is 14.1 Å². The molecule has 5 heteroatoms. The van der Waals surface area contributed by atoms with E-state index in [9.17, 15) is 0 Å². The first kappa shape index (κ1) is 11.2. The van der Waals surface area contributed by atoms with Crippen molar-refractivity contribution in [3.63, 3.8) is 0 Å². The summed E-state index contributed by atoms with van der Waals surface area (Å²) in [4.78, 5) is 7.57. The SMILES string of the molecule is Cc1ccc2[nH]c(=S)n(Cc3nccn3C)c2c1. The first-order valence-corrected chi connectivity index (χ1v) is 6.21. The predicted molar refractivity (Wildman–Crippen MR) is 74.2 cm³/mol. The molecule has 0 fully saturated rings. The third kappa shape index (κ3) is 1.76. The molecule has 1 aromatic carbocycles. The van der Waals surface area contributed by atoms with Crippen LogP contribution < -0.4 is 0 Å². The van der Waals surface area contributed by atoms with Crippen molar-refractivity contribution in [1.82, 2.24) is 19.1 Å². The van der Waals surface area contributed by atoms with E-state index in [4.69, 9.17) is 12.2 Å². The van der Waals surface area contributed by atoms with Crippen LogP contribution in [0.4, 0.5) is 0 Å². The number of nitrogens with zero attached hydrogens (tertiary/aromatic N) is 3. The van der Waals surface area contributed by atoms with E-state index >= 15 is 0 Å². The lowest BCUT2D eigenvalue weighted by molar-refractivity contribution is 0.707. The lowest BCUT2D eigenvalue weighted by atomic mass is 10.2. The highest BCUT2D eigenvalue weighted by Gasteiger charge is 2.07. The molecule has 4 nitrogen and oxygen atoms in total. The molecule has 92 valence electrons. The van der Waals surface area contributed by atoms with E-state index in [1.54, 1.807) is 6.20 Å². The maximum Gasteiger partial charge on any atom is 0.178 e. The van der Waals surface area contributed by atoms with Gasteiger partial charge in [-0.2, -0.15) is 0 Å². The van der Waals surface area contributed by atoms with Crippen LogP contribution in [-0.2, 0) is 13.6 Å². The van der Waals surface area contributed by atoms with Crippen molar-refractivity contribution in [3.05, 3.63) is 46.8 Å². The molecule has 0 aliphatic rings. The fraction of sp³-hybridized carbons (Fsp3) is 0.231. The van der Waals surface area contributed by atoms with E-state index in [1.807, 2.05) is 17.8 Å². The standard InChI is InChI=1S/C13H14N4S/c1-9-3-4-10-11(7-9)17(13(18)15-10)8-12-14-5-6-16(12)2/h3-7H,8H2,1-2H3,(H,15,18). The fourth-order valence-electron chi connectivity index (χ4n) is 2.11. The first-order valence-electron chi connectivity index (χ1n) is 5.80. The molecule has 1 N–H and O–H groups in total. The molecule has 3 aromatic rings. The summed E-state index contributed by atoms with van der Waals surface area (Å²) in [6.45, 7) is 2.77. The highest BCUT2D eigenvalue weighted by Crippen LogP contribution is 2.17. The predicted octanol–water partition coefficient (Wildman–Crippen LogP) is 2.79. The van der Waals surface area contributed by atoms with Gasteiger partial charge in [-0.1, -0.05) is 6.07 Å². The number of hydrogen-bond donors (Lipinski definition) is 1. The average Bonchev–Trinajstić information content (AvgIpc) is 2.86. The zero-order valence-electron chi connectivity index (χ0n) is 10.3. The van der Waals surface area contributed by atoms with Crippen LogP contribution in [0.1, 0.15) is 11.4 Å². The van der Waals surface area contributed by atoms with Gasteiger partial charge in [0.15, 0.2) is 4.77 Å². The van der Waals surface area contributed by atoms with Gasteiger partial charge in [-0.05, 0) is 36.8 Å². The molecular formula is C13H14N4S. The summed E-state index contributed by atoms with van der Waals surface area (Å²) < 4.78 is 4.83. The van der Waals surface area contributed by atoms with Crippen molar-refractivity contribution < 1.29 is 0 Å². The topological polar surface area (TPSA) is 38.5 Å². The molecule has 0 saturated heterocycles. The van der Waals surface area contributed by atoms with Crippen LogP contribution in [-0.4, -0.2) is 19.1 Å². The number of fused-ring (bicyclic) bond motifs is 1. The maximum atomic E-state index is 5.38. The van der Waals surface area contributed by atoms with Crippen LogP contribution in [0, 0.1) is 11.7 Å². The van der Waals surface area contributed by atoms with E-state index in [0.29, 0.717) is 6.54 Å². The molecule has 0 radical (unpaired) electrons. The lowest BCUT2D eigenvalue weighted by Gasteiger charge is -2.05. The van der Waals surface area contributed by atoms with Gasteiger partial charge in [0.05, 0.1) is 17.6 Å². The van der Waals surface area contributed by atoms with Crippen molar-refractivity contribution >= 4 is 23.3 Å². The van der Waals surface area contributed by atoms with Gasteiger partial charge in [-0.3, -0.25) is 0 Å². The average molecular weight is 258 g/mol. The summed E-state index contributed by atoms with van der Waals surface area (Å²) in [5.74, 6) is 0.994. The van der Waals surface area contributed by atoms with Crippen LogP contribution in [0.25, 0.3) is 11.0 Å². The smallest absolute Gasteiger partial charge is 0.178 e. The minimum Gasteiger partial charge on any atom is -0.337 e. The summed E-state index contributed by atoms with van der Waals surface area (Å²) >= 11 is 5.38. The van der Waals surface area contributed by atoms with Gasteiger partial charge in [0.2, 0.25) is 0 Å². The van der Waals surface area contributed by atoms with Crippen molar-refractivity contribution in [2.75, 3.05) is 0 Å². The lowest BCUT2D eigenvalue weighted by Crippen LogP contribution is -2.05. The van der Waals surface area contributed by atoms with Gasteiger partial charge >= 0.3 is 0 Å². The molecule has 0 amide bonds. The molecule has 0 saturated carbocycles. The Morgan fingerprint density at radius 1 is 1.39 bits per heavy atom. The normalized spacial score (nSPS) is 11.2. The summed E-state index contributed by atoms with van der Waals surface area (Å²) in [7, 11) is 1.99. The number of aromatic amines is 1. The summed E-state index contributed by atoms with van der Waals surface area (Å²) in [6.07, 6.45) is 3.75. The second kappa shape index (κ2) is 4.10. The molecule has 2 heterocycles. The second-order valence-corrected chi connectivity index (χ2v) is 4.88. The van der Waals surface area contributed by atoms with Gasteiger partial charge in [0.1, 0.15) is 5.82 Å². The number of H-pyrrole nitrogens is 1. The van der Waals surface area contributed by atoms with E-state index in [2.05, 4.69) is 39.7 Å². The van der Waals surface area contributed by atoms with E-state index in [0.717, 1.165) is 21.6 Å². The Hall–Kier alpha value is -1.88. The Morgan fingerprint density at radius 3 is 2.94 bits per heavy atom. The molecule has 0 aliphatic carbocycles. The highest BCUT2D eigenvalue weighted by molar-refractivity contribution is 7.71. The quantitative estimate of drug-likeness (QED) is 0.718. The van der Waals surface area contributed by atoms with Crippen LogP contribution >= 0.6 is 12.2 Å². The van der Waals surface area contributed by atoms with E-state index < -0.39 is 0 Å². The molecule has 0 atom stereocenters. The number of rotatable bonds is 2.